The maximum absolute atomic E-state index is 14.6. The number of hydrogen-bond donors (Lipinski definition) is 4. The second kappa shape index (κ2) is 7.88. The van der Waals surface area contributed by atoms with Gasteiger partial charge in [0, 0.05) is 37.1 Å². The van der Waals surface area contributed by atoms with Crippen LogP contribution in [0.3, 0.4) is 0 Å². The van der Waals surface area contributed by atoms with Crippen molar-refractivity contribution in [3.63, 3.8) is 0 Å². The monoisotopic (exact) mass is 395 g/mol. The summed E-state index contributed by atoms with van der Waals surface area (Å²) in [6.07, 6.45) is 4.96. The second-order valence-corrected chi connectivity index (χ2v) is 7.04. The number of aromatic nitrogens is 3. The molecule has 1 amide bonds. The second-order valence-electron chi connectivity index (χ2n) is 7.04. The number of hydrogen-bond acceptors (Lipinski definition) is 6. The van der Waals surface area contributed by atoms with Crippen LogP contribution in [-0.4, -0.2) is 40.0 Å². The Hall–Kier alpha value is -3.46. The SMILES string of the molecule is Nc1cc(-c2c[nH]c(C(=O)Nc3cccc(F)c3N3CCC[C@@H](N)C3)n2)ccn1. The molecule has 150 valence electrons. The molecule has 1 fully saturated rings. The summed E-state index contributed by atoms with van der Waals surface area (Å²) in [6, 6.07) is 8.01. The van der Waals surface area contributed by atoms with E-state index in [1.165, 1.54) is 6.07 Å². The molecular formula is C20H22FN7O. The van der Waals surface area contributed by atoms with Gasteiger partial charge in [-0.05, 0) is 37.1 Å². The molecule has 6 N–H and O–H groups in total. The molecule has 3 heterocycles. The number of H-pyrrole nitrogens is 1. The first-order valence-electron chi connectivity index (χ1n) is 9.39. The van der Waals surface area contributed by atoms with Gasteiger partial charge in [0.25, 0.3) is 5.91 Å². The molecular weight excluding hydrogens is 373 g/mol. The molecule has 0 bridgehead atoms. The number of carbonyl (C=O) groups excluding carboxylic acids is 1. The van der Waals surface area contributed by atoms with E-state index in [1.54, 1.807) is 36.7 Å². The van der Waals surface area contributed by atoms with Gasteiger partial charge in [-0.15, -0.1) is 0 Å². The number of nitrogen functional groups attached to an aromatic ring is 1. The topological polar surface area (TPSA) is 126 Å². The third-order valence-corrected chi connectivity index (χ3v) is 4.88. The molecule has 29 heavy (non-hydrogen) atoms. The van der Waals surface area contributed by atoms with E-state index in [0.29, 0.717) is 36.0 Å². The first-order valence-corrected chi connectivity index (χ1v) is 9.39. The molecule has 3 aromatic rings. The van der Waals surface area contributed by atoms with Gasteiger partial charge >= 0.3 is 0 Å². The highest BCUT2D eigenvalue weighted by atomic mass is 19.1. The zero-order chi connectivity index (χ0) is 20.4. The number of halogens is 1. The Balaban J connectivity index is 1.57. The Morgan fingerprint density at radius 3 is 3.00 bits per heavy atom. The maximum Gasteiger partial charge on any atom is 0.291 e. The number of nitrogens with one attached hydrogen (secondary N) is 2. The fourth-order valence-electron chi connectivity index (χ4n) is 3.53. The molecule has 1 aliphatic rings. The number of nitrogens with two attached hydrogens (primary N) is 2. The smallest absolute Gasteiger partial charge is 0.291 e. The van der Waals surface area contributed by atoms with E-state index in [-0.39, 0.29) is 11.9 Å². The molecule has 1 saturated heterocycles. The van der Waals surface area contributed by atoms with Crippen LogP contribution in [0.2, 0.25) is 0 Å². The third kappa shape index (κ3) is 4.04. The number of rotatable bonds is 4. The number of carbonyl (C=O) groups is 1. The summed E-state index contributed by atoms with van der Waals surface area (Å²) in [6.45, 7) is 1.23. The van der Waals surface area contributed by atoms with Crippen LogP contribution < -0.4 is 21.7 Å². The van der Waals surface area contributed by atoms with Crippen LogP contribution in [0.25, 0.3) is 11.3 Å². The molecule has 1 aromatic carbocycles. The number of pyridine rings is 1. The van der Waals surface area contributed by atoms with E-state index in [1.807, 2.05) is 4.90 Å². The number of amides is 1. The number of nitrogens with zero attached hydrogens (tertiary/aromatic N) is 3. The van der Waals surface area contributed by atoms with Gasteiger partial charge in [-0.25, -0.2) is 14.4 Å². The average Bonchev–Trinajstić information content (AvgIpc) is 3.18. The largest absolute Gasteiger partial charge is 0.384 e. The lowest BCUT2D eigenvalue weighted by molar-refractivity contribution is 0.101. The van der Waals surface area contributed by atoms with Crippen molar-refractivity contribution in [1.82, 2.24) is 15.0 Å². The van der Waals surface area contributed by atoms with Crippen molar-refractivity contribution < 1.29 is 9.18 Å². The van der Waals surface area contributed by atoms with Crippen molar-refractivity contribution in [2.45, 2.75) is 18.9 Å². The van der Waals surface area contributed by atoms with Crippen LogP contribution in [0, 0.1) is 5.82 Å². The standard InChI is InChI=1S/C20H22FN7O/c21-14-4-1-5-15(18(14)28-8-2-3-13(22)11-28)27-20(29)19-25-10-16(26-19)12-6-7-24-17(23)9-12/h1,4-7,9-10,13H,2-3,8,11,22H2,(H2,23,24)(H,25,26)(H,27,29)/t13-/m1/s1. The van der Waals surface area contributed by atoms with E-state index in [2.05, 4.69) is 20.3 Å². The summed E-state index contributed by atoms with van der Waals surface area (Å²) in [7, 11) is 0. The zero-order valence-electron chi connectivity index (χ0n) is 15.7. The van der Waals surface area contributed by atoms with Gasteiger partial charge in [-0.3, -0.25) is 4.79 Å². The van der Waals surface area contributed by atoms with E-state index in [9.17, 15) is 9.18 Å². The highest BCUT2D eigenvalue weighted by Gasteiger charge is 2.23. The van der Waals surface area contributed by atoms with Crippen molar-refractivity contribution in [3.8, 4) is 11.3 Å². The molecule has 0 unspecified atom stereocenters. The van der Waals surface area contributed by atoms with Crippen LogP contribution in [-0.2, 0) is 0 Å². The van der Waals surface area contributed by atoms with Crippen molar-refractivity contribution in [2.24, 2.45) is 5.73 Å². The van der Waals surface area contributed by atoms with Crippen molar-refractivity contribution in [3.05, 3.63) is 54.4 Å². The Kier molecular flexibility index (Phi) is 5.13. The number of piperidine rings is 1. The Labute approximate surface area is 167 Å². The van der Waals surface area contributed by atoms with Gasteiger partial charge < -0.3 is 26.7 Å². The van der Waals surface area contributed by atoms with Crippen LogP contribution in [0.4, 0.5) is 21.6 Å². The summed E-state index contributed by atoms with van der Waals surface area (Å²) in [5, 5.41) is 2.76. The molecule has 0 saturated carbocycles. The molecule has 0 aliphatic carbocycles. The Morgan fingerprint density at radius 1 is 1.34 bits per heavy atom. The van der Waals surface area contributed by atoms with Gasteiger partial charge in [0.1, 0.15) is 11.6 Å². The minimum absolute atomic E-state index is 0.0210. The summed E-state index contributed by atoms with van der Waals surface area (Å²) >= 11 is 0. The van der Waals surface area contributed by atoms with Gasteiger partial charge in [-0.1, -0.05) is 6.07 Å². The van der Waals surface area contributed by atoms with Crippen LogP contribution in [0.15, 0.2) is 42.7 Å². The minimum atomic E-state index is -0.466. The van der Waals surface area contributed by atoms with E-state index < -0.39 is 11.7 Å². The summed E-state index contributed by atoms with van der Waals surface area (Å²) in [4.78, 5) is 25.7. The Bertz CT molecular complexity index is 1040. The lowest BCUT2D eigenvalue weighted by Gasteiger charge is -2.34. The van der Waals surface area contributed by atoms with Crippen LogP contribution in [0.1, 0.15) is 23.5 Å². The van der Waals surface area contributed by atoms with E-state index in [4.69, 9.17) is 11.5 Å². The first-order chi connectivity index (χ1) is 14.0. The summed E-state index contributed by atoms with van der Waals surface area (Å²) in [5.41, 5.74) is 13.8. The molecule has 0 spiro atoms. The van der Waals surface area contributed by atoms with Crippen molar-refractivity contribution in [1.29, 1.82) is 0 Å². The van der Waals surface area contributed by atoms with Crippen LogP contribution in [0.5, 0.6) is 0 Å². The molecule has 8 nitrogen and oxygen atoms in total. The fraction of sp³-hybridized carbons (Fsp3) is 0.250. The predicted octanol–water partition coefficient (Wildman–Crippen LogP) is 2.37. The lowest BCUT2D eigenvalue weighted by Crippen LogP contribution is -2.43. The molecule has 2 aromatic heterocycles. The minimum Gasteiger partial charge on any atom is -0.384 e. The number of aromatic amines is 1. The Morgan fingerprint density at radius 2 is 2.21 bits per heavy atom. The number of imidazole rings is 1. The van der Waals surface area contributed by atoms with Gasteiger partial charge in [0.05, 0.1) is 17.1 Å². The third-order valence-electron chi connectivity index (χ3n) is 4.88. The molecule has 4 rings (SSSR count). The lowest BCUT2D eigenvalue weighted by atomic mass is 10.1. The molecule has 1 atom stereocenters. The summed E-state index contributed by atoms with van der Waals surface area (Å²) < 4.78 is 14.6. The zero-order valence-corrected chi connectivity index (χ0v) is 15.7. The number of anilines is 3. The van der Waals surface area contributed by atoms with Gasteiger partial charge in [-0.2, -0.15) is 0 Å². The molecule has 1 aliphatic heterocycles. The quantitative estimate of drug-likeness (QED) is 0.537. The van der Waals surface area contributed by atoms with Crippen molar-refractivity contribution >= 4 is 23.1 Å². The van der Waals surface area contributed by atoms with Crippen LogP contribution >= 0.6 is 0 Å². The molecule has 9 heteroatoms. The van der Waals surface area contributed by atoms with E-state index >= 15 is 0 Å². The normalized spacial score (nSPS) is 16.6. The fourth-order valence-corrected chi connectivity index (χ4v) is 3.53. The van der Waals surface area contributed by atoms with Crippen molar-refractivity contribution in [2.75, 3.05) is 29.0 Å². The highest BCUT2D eigenvalue weighted by Crippen LogP contribution is 2.31. The summed E-state index contributed by atoms with van der Waals surface area (Å²) in [5.74, 6) is -0.391. The maximum atomic E-state index is 14.6. The van der Waals surface area contributed by atoms with E-state index in [0.717, 1.165) is 18.4 Å². The van der Waals surface area contributed by atoms with Gasteiger partial charge in [0.2, 0.25) is 0 Å². The number of para-hydroxylation sites is 1. The number of benzene rings is 1. The van der Waals surface area contributed by atoms with Gasteiger partial charge in [0.15, 0.2) is 5.82 Å². The molecule has 0 radical (unpaired) electrons. The average molecular weight is 395 g/mol. The predicted molar refractivity (Wildman–Crippen MR) is 110 cm³/mol. The highest BCUT2D eigenvalue weighted by molar-refractivity contribution is 6.04. The first kappa shape index (κ1) is 18.9.